The van der Waals surface area contributed by atoms with Crippen molar-refractivity contribution in [1.29, 1.82) is 0 Å². The molecule has 1 aromatic heterocycles. The van der Waals surface area contributed by atoms with Crippen molar-refractivity contribution in [2.75, 3.05) is 13.1 Å². The Kier molecular flexibility index (Phi) is 5.38. The predicted octanol–water partition coefficient (Wildman–Crippen LogP) is 1.69. The SMILES string of the molecule is NC(=O)c1cc(OC2CCCN(S(=O)(=O)c3cc(F)ccc3F)C2)ccn1. The summed E-state index contributed by atoms with van der Waals surface area (Å²) < 4.78 is 59.5. The Morgan fingerprint density at radius 1 is 1.26 bits per heavy atom. The van der Waals surface area contributed by atoms with Gasteiger partial charge in [0.25, 0.3) is 5.91 Å². The van der Waals surface area contributed by atoms with Crippen LogP contribution in [0.4, 0.5) is 8.78 Å². The zero-order chi connectivity index (χ0) is 19.6. The maximum Gasteiger partial charge on any atom is 0.267 e. The van der Waals surface area contributed by atoms with Gasteiger partial charge in [0.15, 0.2) is 0 Å². The first-order valence-electron chi connectivity index (χ1n) is 8.15. The average Bonchev–Trinajstić information content (AvgIpc) is 2.64. The highest BCUT2D eigenvalue weighted by atomic mass is 32.2. The van der Waals surface area contributed by atoms with Crippen molar-refractivity contribution < 1.29 is 26.7 Å². The summed E-state index contributed by atoms with van der Waals surface area (Å²) in [7, 11) is -4.21. The molecule has 1 saturated heterocycles. The van der Waals surface area contributed by atoms with Crippen LogP contribution in [0.5, 0.6) is 5.75 Å². The van der Waals surface area contributed by atoms with Crippen molar-refractivity contribution in [3.05, 3.63) is 53.9 Å². The summed E-state index contributed by atoms with van der Waals surface area (Å²) in [4.78, 5) is 14.3. The molecular formula is C17H17F2N3O4S. The monoisotopic (exact) mass is 397 g/mol. The van der Waals surface area contributed by atoms with Crippen LogP contribution in [0.15, 0.2) is 41.4 Å². The molecule has 1 aliphatic rings. The van der Waals surface area contributed by atoms with Crippen LogP contribution >= 0.6 is 0 Å². The molecule has 27 heavy (non-hydrogen) atoms. The van der Waals surface area contributed by atoms with Gasteiger partial charge in [0, 0.05) is 18.8 Å². The van der Waals surface area contributed by atoms with E-state index >= 15 is 0 Å². The van der Waals surface area contributed by atoms with Crippen LogP contribution in [-0.4, -0.2) is 42.8 Å². The molecule has 0 spiro atoms. The summed E-state index contributed by atoms with van der Waals surface area (Å²) in [6.45, 7) is 0.132. The maximum absolute atomic E-state index is 13.9. The number of carbonyl (C=O) groups excluding carboxylic acids is 1. The number of halogens is 2. The molecule has 0 saturated carbocycles. The Bertz CT molecular complexity index is 968. The van der Waals surface area contributed by atoms with Crippen molar-refractivity contribution in [1.82, 2.24) is 9.29 Å². The fourth-order valence-electron chi connectivity index (χ4n) is 2.85. The number of benzene rings is 1. The number of nitrogens with zero attached hydrogens (tertiary/aromatic N) is 2. The Labute approximate surface area is 154 Å². The molecule has 0 bridgehead atoms. The lowest BCUT2D eigenvalue weighted by Gasteiger charge is -2.32. The maximum atomic E-state index is 13.9. The molecule has 0 radical (unpaired) electrons. The van der Waals surface area contributed by atoms with E-state index in [1.165, 1.54) is 18.3 Å². The van der Waals surface area contributed by atoms with Gasteiger partial charge in [0.1, 0.15) is 34.1 Å². The Morgan fingerprint density at radius 2 is 2.04 bits per heavy atom. The summed E-state index contributed by atoms with van der Waals surface area (Å²) in [6.07, 6.45) is 1.88. The van der Waals surface area contributed by atoms with E-state index in [0.717, 1.165) is 16.4 Å². The first-order valence-corrected chi connectivity index (χ1v) is 9.59. The number of pyridine rings is 1. The summed E-state index contributed by atoms with van der Waals surface area (Å²) in [6, 6.07) is 5.18. The lowest BCUT2D eigenvalue weighted by molar-refractivity contribution is 0.0993. The minimum Gasteiger partial charge on any atom is -0.489 e. The molecule has 10 heteroatoms. The third-order valence-corrected chi connectivity index (χ3v) is 6.02. The number of rotatable bonds is 5. The highest BCUT2D eigenvalue weighted by molar-refractivity contribution is 7.89. The smallest absolute Gasteiger partial charge is 0.267 e. The molecule has 2 N–H and O–H groups in total. The van der Waals surface area contributed by atoms with Crippen LogP contribution in [0.2, 0.25) is 0 Å². The number of hydrogen-bond donors (Lipinski definition) is 1. The zero-order valence-electron chi connectivity index (χ0n) is 14.1. The number of carbonyl (C=O) groups is 1. The molecule has 7 nitrogen and oxygen atoms in total. The van der Waals surface area contributed by atoms with E-state index in [1.807, 2.05) is 0 Å². The van der Waals surface area contributed by atoms with Gasteiger partial charge < -0.3 is 10.5 Å². The summed E-state index contributed by atoms with van der Waals surface area (Å²) in [5.41, 5.74) is 5.20. The second kappa shape index (κ2) is 7.57. The summed E-state index contributed by atoms with van der Waals surface area (Å²) in [5, 5.41) is 0. The largest absolute Gasteiger partial charge is 0.489 e. The van der Waals surface area contributed by atoms with Crippen LogP contribution in [0.25, 0.3) is 0 Å². The van der Waals surface area contributed by atoms with E-state index in [2.05, 4.69) is 4.98 Å². The van der Waals surface area contributed by atoms with Gasteiger partial charge in [-0.3, -0.25) is 9.78 Å². The van der Waals surface area contributed by atoms with Crippen LogP contribution < -0.4 is 10.5 Å². The van der Waals surface area contributed by atoms with Gasteiger partial charge in [-0.1, -0.05) is 0 Å². The molecule has 1 unspecified atom stereocenters. The number of ether oxygens (including phenoxy) is 1. The van der Waals surface area contributed by atoms with E-state index in [4.69, 9.17) is 10.5 Å². The van der Waals surface area contributed by atoms with Gasteiger partial charge in [0.05, 0.1) is 6.54 Å². The quantitative estimate of drug-likeness (QED) is 0.827. The fourth-order valence-corrected chi connectivity index (χ4v) is 4.43. The second-order valence-electron chi connectivity index (χ2n) is 6.06. The molecule has 144 valence electrons. The summed E-state index contributed by atoms with van der Waals surface area (Å²) in [5.74, 6) is -2.25. The van der Waals surface area contributed by atoms with E-state index in [9.17, 15) is 22.0 Å². The number of piperidine rings is 1. The lowest BCUT2D eigenvalue weighted by atomic mass is 10.1. The molecule has 1 aliphatic heterocycles. The molecule has 1 fully saturated rings. The minimum atomic E-state index is -4.21. The van der Waals surface area contributed by atoms with Gasteiger partial charge in [-0.25, -0.2) is 17.2 Å². The van der Waals surface area contributed by atoms with Gasteiger partial charge in [-0.05, 0) is 37.1 Å². The topological polar surface area (TPSA) is 103 Å². The van der Waals surface area contributed by atoms with Crippen molar-refractivity contribution in [2.45, 2.75) is 23.8 Å². The van der Waals surface area contributed by atoms with Crippen LogP contribution in [0.1, 0.15) is 23.3 Å². The van der Waals surface area contributed by atoms with Crippen molar-refractivity contribution in [3.8, 4) is 5.75 Å². The average molecular weight is 397 g/mol. The number of hydrogen-bond acceptors (Lipinski definition) is 5. The first-order chi connectivity index (χ1) is 12.8. The third-order valence-electron chi connectivity index (χ3n) is 4.14. The Morgan fingerprint density at radius 3 is 2.78 bits per heavy atom. The van der Waals surface area contributed by atoms with Gasteiger partial charge in [-0.2, -0.15) is 4.31 Å². The number of primary amides is 1. The van der Waals surface area contributed by atoms with Crippen molar-refractivity contribution in [2.24, 2.45) is 5.73 Å². The van der Waals surface area contributed by atoms with Gasteiger partial charge in [0.2, 0.25) is 10.0 Å². The molecule has 3 rings (SSSR count). The molecule has 1 amide bonds. The number of nitrogens with two attached hydrogens (primary N) is 1. The normalized spacial score (nSPS) is 18.2. The molecule has 2 heterocycles. The molecule has 1 aromatic carbocycles. The van der Waals surface area contributed by atoms with Crippen LogP contribution in [0.3, 0.4) is 0 Å². The van der Waals surface area contributed by atoms with E-state index in [1.54, 1.807) is 0 Å². The van der Waals surface area contributed by atoms with E-state index in [0.29, 0.717) is 24.7 Å². The summed E-state index contributed by atoms with van der Waals surface area (Å²) >= 11 is 0. The van der Waals surface area contributed by atoms with Gasteiger partial charge >= 0.3 is 0 Å². The zero-order valence-corrected chi connectivity index (χ0v) is 15.0. The first kappa shape index (κ1) is 19.2. The predicted molar refractivity (Wildman–Crippen MR) is 91.5 cm³/mol. The highest BCUT2D eigenvalue weighted by Crippen LogP contribution is 2.25. The second-order valence-corrected chi connectivity index (χ2v) is 7.97. The van der Waals surface area contributed by atoms with Gasteiger partial charge in [-0.15, -0.1) is 0 Å². The fraction of sp³-hybridized carbons (Fsp3) is 0.294. The number of aromatic nitrogens is 1. The molecule has 1 atom stereocenters. The number of sulfonamides is 1. The van der Waals surface area contributed by atoms with Crippen LogP contribution in [0, 0.1) is 11.6 Å². The Hall–Kier alpha value is -2.59. The number of amides is 1. The Balaban J connectivity index is 1.78. The van der Waals surface area contributed by atoms with Crippen LogP contribution in [-0.2, 0) is 10.0 Å². The molecule has 0 aliphatic carbocycles. The van der Waals surface area contributed by atoms with Crippen molar-refractivity contribution in [3.63, 3.8) is 0 Å². The van der Waals surface area contributed by atoms with E-state index in [-0.39, 0.29) is 18.8 Å². The minimum absolute atomic E-state index is 0.0228. The molecule has 2 aromatic rings. The third kappa shape index (κ3) is 4.22. The standard InChI is InChI=1S/C17H17F2N3O4S/c18-11-3-4-14(19)16(8-11)27(24,25)22-7-1-2-13(10-22)26-12-5-6-21-15(9-12)17(20)23/h3-6,8-9,13H,1-2,7,10H2,(H2,20,23). The lowest BCUT2D eigenvalue weighted by Crippen LogP contribution is -2.44. The van der Waals surface area contributed by atoms with E-state index < -0.39 is 38.6 Å². The molecular weight excluding hydrogens is 380 g/mol. The van der Waals surface area contributed by atoms with Crippen molar-refractivity contribution >= 4 is 15.9 Å². The highest BCUT2D eigenvalue weighted by Gasteiger charge is 2.33.